The first-order valence-electron chi connectivity index (χ1n) is 6.13. The molecule has 0 N–H and O–H groups in total. The van der Waals surface area contributed by atoms with Crippen LogP contribution in [0.5, 0.6) is 0 Å². The molecule has 0 amide bonds. The predicted octanol–water partition coefficient (Wildman–Crippen LogP) is 4.98. The molecule has 1 fully saturated rings. The SMILES string of the molecule is C[C@@H]1[C@H](C)[Si](C)(C)[C@H](C)[C@H](C)[Si]1(C)C. The average Bonchev–Trinajstić information content (AvgIpc) is 2.11. The Bertz CT molecular complexity index is 176. The van der Waals surface area contributed by atoms with Crippen LogP contribution in [0.1, 0.15) is 27.7 Å². The van der Waals surface area contributed by atoms with Crippen LogP contribution < -0.4 is 0 Å². The summed E-state index contributed by atoms with van der Waals surface area (Å²) in [5, 5.41) is 0. The molecule has 0 aromatic heterocycles. The first-order chi connectivity index (χ1) is 6.13. The topological polar surface area (TPSA) is 0 Å². The molecule has 1 rings (SSSR count). The van der Waals surface area contributed by atoms with Crippen molar-refractivity contribution in [3.63, 3.8) is 0 Å². The Labute approximate surface area is 92.5 Å². The lowest BCUT2D eigenvalue weighted by Crippen LogP contribution is -2.54. The van der Waals surface area contributed by atoms with Gasteiger partial charge in [-0.15, -0.1) is 0 Å². The summed E-state index contributed by atoms with van der Waals surface area (Å²) in [6.07, 6.45) is 0. The lowest BCUT2D eigenvalue weighted by molar-refractivity contribution is 0.664. The van der Waals surface area contributed by atoms with E-state index in [4.69, 9.17) is 0 Å². The summed E-state index contributed by atoms with van der Waals surface area (Å²) in [6, 6.07) is 0. The van der Waals surface area contributed by atoms with Gasteiger partial charge >= 0.3 is 0 Å². The van der Waals surface area contributed by atoms with Crippen LogP contribution in [0.25, 0.3) is 0 Å². The third kappa shape index (κ3) is 1.55. The van der Waals surface area contributed by atoms with E-state index in [1.54, 1.807) is 0 Å². The van der Waals surface area contributed by atoms with Gasteiger partial charge in [-0.2, -0.15) is 0 Å². The van der Waals surface area contributed by atoms with Crippen molar-refractivity contribution < 1.29 is 0 Å². The van der Waals surface area contributed by atoms with Crippen molar-refractivity contribution in [1.82, 2.24) is 0 Å². The van der Waals surface area contributed by atoms with Crippen molar-refractivity contribution in [3.8, 4) is 0 Å². The highest BCUT2D eigenvalue weighted by Crippen LogP contribution is 2.58. The minimum atomic E-state index is -0.978. The zero-order chi connectivity index (χ0) is 11.3. The average molecular weight is 229 g/mol. The largest absolute Gasteiger partial charge is 0.0690 e. The minimum absolute atomic E-state index is 0.978. The van der Waals surface area contributed by atoms with Crippen LogP contribution in [0.2, 0.25) is 48.4 Å². The van der Waals surface area contributed by atoms with E-state index in [0.717, 1.165) is 22.2 Å². The Morgan fingerprint density at radius 1 is 0.500 bits per heavy atom. The van der Waals surface area contributed by atoms with Gasteiger partial charge in [0.05, 0.1) is 16.1 Å². The van der Waals surface area contributed by atoms with Gasteiger partial charge in [0.1, 0.15) is 0 Å². The highest BCUT2D eigenvalue weighted by molar-refractivity contribution is 6.91. The van der Waals surface area contributed by atoms with E-state index in [9.17, 15) is 0 Å². The molecule has 84 valence electrons. The van der Waals surface area contributed by atoms with Crippen molar-refractivity contribution in [3.05, 3.63) is 0 Å². The number of hydrogen-bond acceptors (Lipinski definition) is 0. The third-order valence-corrected chi connectivity index (χ3v) is 18.2. The molecule has 0 aliphatic carbocycles. The molecule has 0 nitrogen and oxygen atoms in total. The molecule has 1 aliphatic rings. The zero-order valence-corrected chi connectivity index (χ0v) is 13.3. The zero-order valence-electron chi connectivity index (χ0n) is 11.3. The van der Waals surface area contributed by atoms with Crippen molar-refractivity contribution in [2.75, 3.05) is 0 Å². The van der Waals surface area contributed by atoms with Crippen LogP contribution >= 0.6 is 0 Å². The lowest BCUT2D eigenvalue weighted by Gasteiger charge is -2.56. The molecular weight excluding hydrogens is 200 g/mol. The fraction of sp³-hybridized carbons (Fsp3) is 1.00. The summed E-state index contributed by atoms with van der Waals surface area (Å²) in [6.45, 7) is 20.6. The lowest BCUT2D eigenvalue weighted by atomic mass is 10.3. The molecule has 2 heteroatoms. The summed E-state index contributed by atoms with van der Waals surface area (Å²) in [5.74, 6) is 0. The van der Waals surface area contributed by atoms with Gasteiger partial charge < -0.3 is 0 Å². The van der Waals surface area contributed by atoms with E-state index in [1.165, 1.54) is 0 Å². The highest BCUT2D eigenvalue weighted by atomic mass is 28.3. The quantitative estimate of drug-likeness (QED) is 0.513. The summed E-state index contributed by atoms with van der Waals surface area (Å²) >= 11 is 0. The van der Waals surface area contributed by atoms with E-state index >= 15 is 0 Å². The summed E-state index contributed by atoms with van der Waals surface area (Å²) in [5.41, 5.74) is 4.09. The molecule has 0 radical (unpaired) electrons. The smallest absolute Gasteiger partial charge is 0.0530 e. The summed E-state index contributed by atoms with van der Waals surface area (Å²) < 4.78 is 0. The summed E-state index contributed by atoms with van der Waals surface area (Å²) in [7, 11) is -1.96. The van der Waals surface area contributed by atoms with Gasteiger partial charge in [-0.05, 0) is 22.2 Å². The molecule has 1 aliphatic heterocycles. The number of rotatable bonds is 0. The fourth-order valence-corrected chi connectivity index (χ4v) is 15.4. The fourth-order valence-electron chi connectivity index (χ4n) is 3.41. The second-order valence-corrected chi connectivity index (χ2v) is 17.7. The molecule has 0 aromatic carbocycles. The van der Waals surface area contributed by atoms with Crippen molar-refractivity contribution in [2.45, 2.75) is 76.0 Å². The Kier molecular flexibility index (Phi) is 3.11. The van der Waals surface area contributed by atoms with Crippen LogP contribution in [-0.4, -0.2) is 16.1 Å². The molecule has 0 aromatic rings. The van der Waals surface area contributed by atoms with Gasteiger partial charge in [-0.3, -0.25) is 0 Å². The van der Waals surface area contributed by atoms with Crippen LogP contribution in [-0.2, 0) is 0 Å². The second kappa shape index (κ2) is 3.48. The van der Waals surface area contributed by atoms with Crippen LogP contribution in [0, 0.1) is 0 Å². The first-order valence-corrected chi connectivity index (χ1v) is 12.4. The van der Waals surface area contributed by atoms with E-state index in [2.05, 4.69) is 53.9 Å². The second-order valence-electron chi connectivity index (χ2n) is 6.80. The third-order valence-electron chi connectivity index (χ3n) is 6.19. The molecule has 0 unspecified atom stereocenters. The van der Waals surface area contributed by atoms with E-state index in [1.807, 2.05) is 0 Å². The molecule has 1 saturated heterocycles. The molecule has 0 spiro atoms. The Balaban J connectivity index is 3.07. The molecule has 4 atom stereocenters. The summed E-state index contributed by atoms with van der Waals surface area (Å²) in [4.78, 5) is 0. The Morgan fingerprint density at radius 2 is 0.643 bits per heavy atom. The van der Waals surface area contributed by atoms with Crippen LogP contribution in [0.3, 0.4) is 0 Å². The highest BCUT2D eigenvalue weighted by Gasteiger charge is 2.53. The van der Waals surface area contributed by atoms with Gasteiger partial charge in [0.25, 0.3) is 0 Å². The van der Waals surface area contributed by atoms with Crippen molar-refractivity contribution in [1.29, 1.82) is 0 Å². The maximum Gasteiger partial charge on any atom is 0.0530 e. The predicted molar refractivity (Wildman–Crippen MR) is 72.7 cm³/mol. The van der Waals surface area contributed by atoms with Crippen molar-refractivity contribution in [2.24, 2.45) is 0 Å². The van der Waals surface area contributed by atoms with E-state index in [-0.39, 0.29) is 0 Å². The van der Waals surface area contributed by atoms with E-state index in [0.29, 0.717) is 0 Å². The Morgan fingerprint density at radius 3 is 0.786 bits per heavy atom. The maximum absolute atomic E-state index is 2.61. The molecule has 0 saturated carbocycles. The van der Waals surface area contributed by atoms with Gasteiger partial charge in [0.2, 0.25) is 0 Å². The molecule has 14 heavy (non-hydrogen) atoms. The van der Waals surface area contributed by atoms with Crippen LogP contribution in [0.4, 0.5) is 0 Å². The monoisotopic (exact) mass is 228 g/mol. The maximum atomic E-state index is 2.61. The minimum Gasteiger partial charge on any atom is -0.0690 e. The van der Waals surface area contributed by atoms with E-state index < -0.39 is 16.1 Å². The Hall–Kier alpha value is 0.434. The van der Waals surface area contributed by atoms with Crippen molar-refractivity contribution >= 4 is 16.1 Å². The van der Waals surface area contributed by atoms with Gasteiger partial charge in [-0.1, -0.05) is 53.9 Å². The standard InChI is InChI=1S/C12H28Si2/c1-9-10(2)14(7,8)12(4)11(3)13(9,5)6/h9-12H,1-8H3/t9-,10+,11+,12-. The van der Waals surface area contributed by atoms with Gasteiger partial charge in [-0.25, -0.2) is 0 Å². The number of hydrogen-bond donors (Lipinski definition) is 0. The van der Waals surface area contributed by atoms with Crippen LogP contribution in [0.15, 0.2) is 0 Å². The van der Waals surface area contributed by atoms with Gasteiger partial charge in [0, 0.05) is 0 Å². The normalized spacial score (nSPS) is 46.3. The van der Waals surface area contributed by atoms with Gasteiger partial charge in [0.15, 0.2) is 0 Å². The first kappa shape index (κ1) is 12.5. The molecule has 1 heterocycles. The molecule has 0 bridgehead atoms. The molecular formula is C12H28Si2.